The molecule has 6 nitrogen and oxygen atoms in total. The number of aliphatic hydroxyl groups excluding tert-OH is 2. The molecule has 1 aliphatic rings. The van der Waals surface area contributed by atoms with Gasteiger partial charge in [-0.15, -0.1) is 0 Å². The number of aromatic nitrogens is 1. The van der Waals surface area contributed by atoms with E-state index in [1.807, 2.05) is 24.3 Å². The largest absolute Gasteiger partial charge is 0.449 e. The van der Waals surface area contributed by atoms with Crippen LogP contribution < -0.4 is 5.32 Å². The number of nitrogens with zero attached hydrogens (tertiary/aromatic N) is 1. The lowest BCUT2D eigenvalue weighted by atomic mass is 9.98. The molecule has 2 unspecified atom stereocenters. The first-order valence-electron chi connectivity index (χ1n) is 10.5. The van der Waals surface area contributed by atoms with Crippen LogP contribution in [-0.2, 0) is 4.74 Å². The number of carbonyl (C=O) groups is 1. The molecule has 2 aromatic carbocycles. The molecule has 0 fully saturated rings. The molecule has 1 aromatic heterocycles. The third kappa shape index (κ3) is 4.63. The first-order valence-corrected chi connectivity index (χ1v) is 10.9. The average Bonchev–Trinajstić information content (AvgIpc) is 3.12. The predicted octanol–water partition coefficient (Wildman–Crippen LogP) is 4.37. The molecule has 2 atom stereocenters. The highest BCUT2D eigenvalue weighted by Gasteiger charge is 2.29. The van der Waals surface area contributed by atoms with E-state index < -0.39 is 18.3 Å². The van der Waals surface area contributed by atoms with Crippen molar-refractivity contribution >= 4 is 17.7 Å². The van der Waals surface area contributed by atoms with Gasteiger partial charge in [0.25, 0.3) is 0 Å². The number of ether oxygens (including phenoxy) is 1. The minimum atomic E-state index is -1.12. The summed E-state index contributed by atoms with van der Waals surface area (Å²) in [4.78, 5) is 16.2. The molecule has 3 aromatic rings. The first kappa shape index (κ1) is 22.3. The number of halogens is 1. The molecule has 1 aliphatic carbocycles. The van der Waals surface area contributed by atoms with E-state index in [2.05, 4.69) is 34.6 Å². The maximum Gasteiger partial charge on any atom is 0.407 e. The number of rotatable bonds is 7. The Kier molecular flexibility index (Phi) is 6.74. The monoisotopic (exact) mass is 452 g/mol. The molecule has 3 N–H and O–H groups in total. The van der Waals surface area contributed by atoms with E-state index >= 15 is 0 Å². The van der Waals surface area contributed by atoms with Gasteiger partial charge < -0.3 is 20.3 Å². The van der Waals surface area contributed by atoms with E-state index in [0.29, 0.717) is 16.3 Å². The van der Waals surface area contributed by atoms with E-state index in [9.17, 15) is 15.0 Å². The van der Waals surface area contributed by atoms with Crippen molar-refractivity contribution < 1.29 is 19.7 Å². The Balaban J connectivity index is 1.28. The van der Waals surface area contributed by atoms with Crippen LogP contribution in [0.1, 0.15) is 40.7 Å². The highest BCUT2D eigenvalue weighted by atomic mass is 35.5. The van der Waals surface area contributed by atoms with Crippen LogP contribution in [0, 0.1) is 6.92 Å². The zero-order chi connectivity index (χ0) is 22.7. The quantitative estimate of drug-likeness (QED) is 0.463. The van der Waals surface area contributed by atoms with E-state index in [1.165, 1.54) is 17.3 Å². The van der Waals surface area contributed by atoms with E-state index in [-0.39, 0.29) is 25.5 Å². The number of fused-ring (bicyclic) bond motifs is 3. The van der Waals surface area contributed by atoms with Gasteiger partial charge in [-0.25, -0.2) is 9.78 Å². The number of aryl methyl sites for hydroxylation is 1. The molecule has 7 heteroatoms. The second-order valence-electron chi connectivity index (χ2n) is 7.93. The molecule has 1 amide bonds. The summed E-state index contributed by atoms with van der Waals surface area (Å²) in [6.07, 6.45) is -1.15. The average molecular weight is 453 g/mol. The number of hydrogen-bond donors (Lipinski definition) is 3. The molecule has 0 saturated heterocycles. The summed E-state index contributed by atoms with van der Waals surface area (Å²) >= 11 is 5.90. The lowest BCUT2D eigenvalue weighted by Gasteiger charge is -2.19. The van der Waals surface area contributed by atoms with Crippen molar-refractivity contribution in [3.63, 3.8) is 0 Å². The van der Waals surface area contributed by atoms with Crippen LogP contribution >= 0.6 is 11.6 Å². The van der Waals surface area contributed by atoms with Crippen molar-refractivity contribution in [3.05, 3.63) is 88.2 Å². The van der Waals surface area contributed by atoms with Gasteiger partial charge in [-0.1, -0.05) is 60.1 Å². The number of amides is 1. The van der Waals surface area contributed by atoms with Crippen molar-refractivity contribution in [2.75, 3.05) is 13.2 Å². The third-order valence-corrected chi connectivity index (χ3v) is 6.19. The van der Waals surface area contributed by atoms with Crippen molar-refractivity contribution in [2.24, 2.45) is 0 Å². The Morgan fingerprint density at radius 1 is 1.12 bits per heavy atom. The number of pyridine rings is 1. The first-order chi connectivity index (χ1) is 15.5. The molecule has 4 rings (SSSR count). The number of aliphatic hydroxyl groups is 2. The zero-order valence-corrected chi connectivity index (χ0v) is 18.4. The summed E-state index contributed by atoms with van der Waals surface area (Å²) in [6.45, 7) is 2.16. The normalized spacial score (nSPS) is 14.4. The number of hydrogen-bond acceptors (Lipinski definition) is 5. The summed E-state index contributed by atoms with van der Waals surface area (Å²) in [7, 11) is 0. The second-order valence-corrected chi connectivity index (χ2v) is 8.29. The van der Waals surface area contributed by atoms with Crippen LogP contribution in [-0.4, -0.2) is 40.5 Å². The molecule has 0 spiro atoms. The third-order valence-electron chi connectivity index (χ3n) is 5.79. The Morgan fingerprint density at radius 3 is 2.38 bits per heavy atom. The Labute approximate surface area is 191 Å². The van der Waals surface area contributed by atoms with Crippen LogP contribution in [0.25, 0.3) is 11.1 Å². The van der Waals surface area contributed by atoms with Crippen LogP contribution in [0.15, 0.2) is 60.8 Å². The number of carbonyl (C=O) groups excluding carboxylic acids is 1. The molecule has 0 saturated carbocycles. The summed E-state index contributed by atoms with van der Waals surface area (Å²) in [5.74, 6) is -0.0128. The van der Waals surface area contributed by atoms with Gasteiger partial charge in [-0.05, 0) is 47.2 Å². The molecule has 1 heterocycles. The fraction of sp³-hybridized carbons (Fsp3) is 0.280. The molecule has 32 heavy (non-hydrogen) atoms. The SMILES string of the molecule is Cc1cc(C(O)C(O)CCNC(=O)OCC2c3ccccc3-c3ccccc32)cnc1Cl. The van der Waals surface area contributed by atoms with E-state index in [4.69, 9.17) is 16.3 Å². The Hall–Kier alpha value is -2.93. The highest BCUT2D eigenvalue weighted by molar-refractivity contribution is 6.30. The molecule has 0 aliphatic heterocycles. The van der Waals surface area contributed by atoms with Crippen molar-refractivity contribution in [1.29, 1.82) is 0 Å². The van der Waals surface area contributed by atoms with Crippen LogP contribution in [0.3, 0.4) is 0 Å². The summed E-state index contributed by atoms with van der Waals surface area (Å²) in [5, 5.41) is 23.6. The lowest BCUT2D eigenvalue weighted by molar-refractivity contribution is 0.0134. The minimum Gasteiger partial charge on any atom is -0.449 e. The van der Waals surface area contributed by atoms with Gasteiger partial charge in [0.2, 0.25) is 0 Å². The second kappa shape index (κ2) is 9.69. The van der Waals surface area contributed by atoms with E-state index in [0.717, 1.165) is 11.1 Å². The Bertz CT molecular complexity index is 1080. The van der Waals surface area contributed by atoms with Gasteiger partial charge in [-0.2, -0.15) is 0 Å². The minimum absolute atomic E-state index is 0.0128. The molecule has 166 valence electrons. The molecular formula is C25H25ClN2O4. The highest BCUT2D eigenvalue weighted by Crippen LogP contribution is 2.44. The standard InChI is InChI=1S/C25H25ClN2O4/c1-15-12-16(13-28-24(15)26)23(30)22(29)10-11-27-25(31)32-14-21-19-8-4-2-6-17(19)18-7-3-5-9-20(18)21/h2-9,12-13,21-23,29-30H,10-11,14H2,1H3,(H,27,31). The van der Waals surface area contributed by atoms with Crippen LogP contribution in [0.2, 0.25) is 5.15 Å². The van der Waals surface area contributed by atoms with Crippen LogP contribution in [0.4, 0.5) is 4.79 Å². The van der Waals surface area contributed by atoms with Gasteiger partial charge in [0.05, 0.1) is 6.10 Å². The van der Waals surface area contributed by atoms with Crippen molar-refractivity contribution in [2.45, 2.75) is 31.5 Å². The summed E-state index contributed by atoms with van der Waals surface area (Å²) in [6, 6.07) is 18.0. The molecule has 0 bridgehead atoms. The van der Waals surface area contributed by atoms with Gasteiger partial charge in [0.15, 0.2) is 0 Å². The summed E-state index contributed by atoms with van der Waals surface area (Å²) < 4.78 is 5.48. The van der Waals surface area contributed by atoms with Gasteiger partial charge in [0, 0.05) is 24.2 Å². The number of nitrogens with one attached hydrogen (secondary N) is 1. The van der Waals surface area contributed by atoms with Gasteiger partial charge >= 0.3 is 6.09 Å². The van der Waals surface area contributed by atoms with Crippen molar-refractivity contribution in [1.82, 2.24) is 10.3 Å². The summed E-state index contributed by atoms with van der Waals surface area (Å²) in [5.41, 5.74) is 5.81. The van der Waals surface area contributed by atoms with E-state index in [1.54, 1.807) is 13.0 Å². The fourth-order valence-electron chi connectivity index (χ4n) is 4.09. The zero-order valence-electron chi connectivity index (χ0n) is 17.7. The predicted molar refractivity (Wildman–Crippen MR) is 123 cm³/mol. The molecular weight excluding hydrogens is 428 g/mol. The smallest absolute Gasteiger partial charge is 0.407 e. The van der Waals surface area contributed by atoms with Crippen molar-refractivity contribution in [3.8, 4) is 11.1 Å². The van der Waals surface area contributed by atoms with Crippen LogP contribution in [0.5, 0.6) is 0 Å². The molecule has 0 radical (unpaired) electrons. The van der Waals surface area contributed by atoms with Gasteiger partial charge in [0.1, 0.15) is 17.9 Å². The van der Waals surface area contributed by atoms with Gasteiger partial charge in [-0.3, -0.25) is 0 Å². The Morgan fingerprint density at radius 2 is 1.75 bits per heavy atom. The topological polar surface area (TPSA) is 91.7 Å². The number of benzene rings is 2. The lowest BCUT2D eigenvalue weighted by Crippen LogP contribution is -2.30. The number of alkyl carbamates (subject to hydrolysis) is 1. The maximum absolute atomic E-state index is 12.2. The maximum atomic E-state index is 12.2. The fourth-order valence-corrected chi connectivity index (χ4v) is 4.20.